The van der Waals surface area contributed by atoms with Crippen molar-refractivity contribution in [1.29, 1.82) is 0 Å². The van der Waals surface area contributed by atoms with Gasteiger partial charge >= 0.3 is 0 Å². The summed E-state index contributed by atoms with van der Waals surface area (Å²) in [7, 11) is 0. The number of rotatable bonds is 7. The molecule has 1 fully saturated rings. The molecule has 0 bridgehead atoms. The summed E-state index contributed by atoms with van der Waals surface area (Å²) in [6, 6.07) is 11.1. The van der Waals surface area contributed by atoms with Crippen molar-refractivity contribution in [1.82, 2.24) is 19.5 Å². The Hall–Kier alpha value is -2.67. The van der Waals surface area contributed by atoms with E-state index >= 15 is 0 Å². The number of imidazole rings is 1. The van der Waals surface area contributed by atoms with E-state index in [1.165, 1.54) is 0 Å². The van der Waals surface area contributed by atoms with E-state index in [1.807, 2.05) is 36.7 Å². The van der Waals surface area contributed by atoms with Crippen molar-refractivity contribution in [3.63, 3.8) is 0 Å². The number of hydrogen-bond donors (Lipinski definition) is 3. The molecule has 0 amide bonds. The number of nitrogens with two attached hydrogens (primary N) is 1. The molecule has 0 atom stereocenters. The molecule has 0 aliphatic heterocycles. The Labute approximate surface area is 172 Å². The van der Waals surface area contributed by atoms with Crippen molar-refractivity contribution >= 4 is 28.6 Å². The third-order valence-electron chi connectivity index (χ3n) is 5.90. The summed E-state index contributed by atoms with van der Waals surface area (Å²) in [5, 5.41) is 6.99. The number of nitrogens with zero attached hydrogens (tertiary/aromatic N) is 4. The largest absolute Gasteiger partial charge is 0.351 e. The zero-order valence-corrected chi connectivity index (χ0v) is 17.3. The van der Waals surface area contributed by atoms with Gasteiger partial charge in [-0.25, -0.2) is 4.98 Å². The number of anilines is 3. The molecule has 154 valence electrons. The minimum atomic E-state index is 0.322. The van der Waals surface area contributed by atoms with Crippen LogP contribution in [0.4, 0.5) is 17.5 Å². The first-order valence-corrected chi connectivity index (χ1v) is 10.8. The van der Waals surface area contributed by atoms with Crippen LogP contribution in [0.2, 0.25) is 0 Å². The lowest BCUT2D eigenvalue weighted by Crippen LogP contribution is -2.33. The van der Waals surface area contributed by atoms with Gasteiger partial charge in [-0.05, 0) is 50.7 Å². The third-order valence-corrected chi connectivity index (χ3v) is 5.90. The van der Waals surface area contributed by atoms with E-state index in [0.29, 0.717) is 24.1 Å². The number of para-hydroxylation sites is 1. The smallest absolute Gasteiger partial charge is 0.227 e. The average molecular weight is 394 g/mol. The maximum atomic E-state index is 6.06. The summed E-state index contributed by atoms with van der Waals surface area (Å²) in [6.45, 7) is 4.41. The van der Waals surface area contributed by atoms with Crippen LogP contribution < -0.4 is 16.4 Å². The molecular weight excluding hydrogens is 362 g/mol. The molecule has 7 heteroatoms. The lowest BCUT2D eigenvalue weighted by Gasteiger charge is -2.27. The van der Waals surface area contributed by atoms with E-state index < -0.39 is 0 Å². The van der Waals surface area contributed by atoms with Gasteiger partial charge in [0.15, 0.2) is 17.0 Å². The highest BCUT2D eigenvalue weighted by molar-refractivity contribution is 5.86. The van der Waals surface area contributed by atoms with Gasteiger partial charge < -0.3 is 20.9 Å². The van der Waals surface area contributed by atoms with E-state index in [2.05, 4.69) is 34.0 Å². The predicted octanol–water partition coefficient (Wildman–Crippen LogP) is 4.61. The molecule has 0 spiro atoms. The lowest BCUT2D eigenvalue weighted by molar-refractivity contribution is 0.410. The standard InChI is InChI=1S/C22H31N7/c1-3-18(4-2)29-14-24-19-20(25-16-8-6-5-7-9-16)27-22(28-21(19)29)26-17-12-10-15(23)11-13-17/h5-9,14-15,17-18H,3-4,10-13,23H2,1-2H3,(H2,25,26,27,28)/t15-,17-. The molecule has 3 aromatic rings. The fourth-order valence-electron chi connectivity index (χ4n) is 4.12. The zero-order valence-electron chi connectivity index (χ0n) is 17.3. The molecule has 1 aromatic carbocycles. The highest BCUT2D eigenvalue weighted by atomic mass is 15.2. The number of aromatic nitrogens is 4. The van der Waals surface area contributed by atoms with Gasteiger partial charge in [0.05, 0.1) is 6.33 Å². The van der Waals surface area contributed by atoms with Crippen LogP contribution in [-0.4, -0.2) is 31.6 Å². The molecule has 4 N–H and O–H groups in total. The molecule has 0 radical (unpaired) electrons. The number of hydrogen-bond acceptors (Lipinski definition) is 6. The molecule has 2 aromatic heterocycles. The fraction of sp³-hybridized carbons (Fsp3) is 0.500. The molecule has 2 heterocycles. The van der Waals surface area contributed by atoms with Crippen molar-refractivity contribution in [2.24, 2.45) is 5.73 Å². The molecule has 0 unspecified atom stereocenters. The van der Waals surface area contributed by atoms with Gasteiger partial charge in [0.2, 0.25) is 5.95 Å². The average Bonchev–Trinajstić information content (AvgIpc) is 3.16. The topological polar surface area (TPSA) is 93.7 Å². The van der Waals surface area contributed by atoms with Gasteiger partial charge in [-0.2, -0.15) is 9.97 Å². The second-order valence-corrected chi connectivity index (χ2v) is 7.94. The van der Waals surface area contributed by atoms with Crippen LogP contribution in [0.5, 0.6) is 0 Å². The summed E-state index contributed by atoms with van der Waals surface area (Å²) >= 11 is 0. The number of nitrogens with one attached hydrogen (secondary N) is 2. The molecule has 1 aliphatic rings. The van der Waals surface area contributed by atoms with Gasteiger partial charge in [0.25, 0.3) is 0 Å². The molecule has 7 nitrogen and oxygen atoms in total. The van der Waals surface area contributed by atoms with Crippen molar-refractivity contribution in [2.75, 3.05) is 10.6 Å². The fourth-order valence-corrected chi connectivity index (χ4v) is 4.12. The molecule has 0 saturated heterocycles. The monoisotopic (exact) mass is 393 g/mol. The SMILES string of the molecule is CCC(CC)n1cnc2c(Nc3ccccc3)nc(N[C@H]3CC[C@H](N)CC3)nc21. The zero-order chi connectivity index (χ0) is 20.2. The van der Waals surface area contributed by atoms with Gasteiger partial charge in [0.1, 0.15) is 0 Å². The summed E-state index contributed by atoms with van der Waals surface area (Å²) in [5.41, 5.74) is 8.73. The predicted molar refractivity (Wildman–Crippen MR) is 119 cm³/mol. The summed E-state index contributed by atoms with van der Waals surface area (Å²) < 4.78 is 2.19. The first-order chi connectivity index (χ1) is 14.2. The van der Waals surface area contributed by atoms with E-state index in [4.69, 9.17) is 15.7 Å². The first-order valence-electron chi connectivity index (χ1n) is 10.8. The van der Waals surface area contributed by atoms with E-state index in [0.717, 1.165) is 61.2 Å². The normalized spacial score (nSPS) is 19.6. The maximum absolute atomic E-state index is 6.06. The Morgan fingerprint density at radius 1 is 1.07 bits per heavy atom. The highest BCUT2D eigenvalue weighted by Crippen LogP contribution is 2.29. The van der Waals surface area contributed by atoms with Crippen molar-refractivity contribution in [3.8, 4) is 0 Å². The number of fused-ring (bicyclic) bond motifs is 1. The Kier molecular flexibility index (Phi) is 5.94. The Balaban J connectivity index is 1.71. The van der Waals surface area contributed by atoms with Crippen molar-refractivity contribution < 1.29 is 0 Å². The molecule has 1 aliphatic carbocycles. The summed E-state index contributed by atoms with van der Waals surface area (Å²) in [6.07, 6.45) is 8.16. The van der Waals surface area contributed by atoms with Gasteiger partial charge in [-0.15, -0.1) is 0 Å². The minimum Gasteiger partial charge on any atom is -0.351 e. The molecule has 29 heavy (non-hydrogen) atoms. The summed E-state index contributed by atoms with van der Waals surface area (Å²) in [4.78, 5) is 14.3. The van der Waals surface area contributed by atoms with Crippen molar-refractivity contribution in [3.05, 3.63) is 36.7 Å². The van der Waals surface area contributed by atoms with Crippen molar-refractivity contribution in [2.45, 2.75) is 70.5 Å². The van der Waals surface area contributed by atoms with Gasteiger partial charge in [0, 0.05) is 23.8 Å². The first kappa shape index (κ1) is 19.6. The Morgan fingerprint density at radius 2 is 1.79 bits per heavy atom. The second kappa shape index (κ2) is 8.78. The molecule has 4 rings (SSSR count). The highest BCUT2D eigenvalue weighted by Gasteiger charge is 2.21. The van der Waals surface area contributed by atoms with Crippen LogP contribution in [0.1, 0.15) is 58.4 Å². The van der Waals surface area contributed by atoms with E-state index in [9.17, 15) is 0 Å². The van der Waals surface area contributed by atoms with Crippen LogP contribution in [0, 0.1) is 0 Å². The molecule has 1 saturated carbocycles. The maximum Gasteiger partial charge on any atom is 0.227 e. The third kappa shape index (κ3) is 4.34. The van der Waals surface area contributed by atoms with Crippen LogP contribution >= 0.6 is 0 Å². The van der Waals surface area contributed by atoms with Crippen LogP contribution in [-0.2, 0) is 0 Å². The van der Waals surface area contributed by atoms with E-state index in [-0.39, 0.29) is 0 Å². The van der Waals surface area contributed by atoms with Crippen LogP contribution in [0.25, 0.3) is 11.2 Å². The lowest BCUT2D eigenvalue weighted by atomic mass is 9.92. The van der Waals surface area contributed by atoms with Crippen LogP contribution in [0.3, 0.4) is 0 Å². The quantitative estimate of drug-likeness (QED) is 0.543. The Bertz CT molecular complexity index is 925. The minimum absolute atomic E-state index is 0.322. The van der Waals surface area contributed by atoms with E-state index in [1.54, 1.807) is 0 Å². The molecular formula is C22H31N7. The van der Waals surface area contributed by atoms with Gasteiger partial charge in [-0.1, -0.05) is 32.0 Å². The van der Waals surface area contributed by atoms with Gasteiger partial charge in [-0.3, -0.25) is 0 Å². The number of benzene rings is 1. The second-order valence-electron chi connectivity index (χ2n) is 7.94. The van der Waals surface area contributed by atoms with Crippen LogP contribution in [0.15, 0.2) is 36.7 Å². The Morgan fingerprint density at radius 3 is 2.48 bits per heavy atom. The summed E-state index contributed by atoms with van der Waals surface area (Å²) in [5.74, 6) is 1.39.